The second-order valence-corrected chi connectivity index (χ2v) is 10.9. The molecule has 0 saturated carbocycles. The summed E-state index contributed by atoms with van der Waals surface area (Å²) in [5.41, 5.74) is 3.57. The van der Waals surface area contributed by atoms with Gasteiger partial charge in [-0.3, -0.25) is 9.59 Å². The molecule has 2 aliphatic heterocycles. The largest absolute Gasteiger partial charge is 0.368 e. The van der Waals surface area contributed by atoms with Crippen LogP contribution < -0.4 is 4.90 Å². The second-order valence-electron chi connectivity index (χ2n) is 10.0. The van der Waals surface area contributed by atoms with Gasteiger partial charge in [-0.15, -0.1) is 11.3 Å². The zero-order chi connectivity index (χ0) is 26.1. The molecule has 38 heavy (non-hydrogen) atoms. The molecule has 2 fully saturated rings. The van der Waals surface area contributed by atoms with Crippen molar-refractivity contribution in [2.24, 2.45) is 0 Å². The van der Waals surface area contributed by atoms with E-state index < -0.39 is 0 Å². The number of likely N-dealkylation sites (tertiary alicyclic amines) is 1. The molecule has 1 N–H and O–H groups in total. The minimum atomic E-state index is -0.246. The number of aromatic amines is 1. The first kappa shape index (κ1) is 24.6. The van der Waals surface area contributed by atoms with E-state index in [0.29, 0.717) is 51.4 Å². The van der Waals surface area contributed by atoms with Gasteiger partial charge in [-0.2, -0.15) is 0 Å². The number of piperazine rings is 1. The summed E-state index contributed by atoms with van der Waals surface area (Å²) >= 11 is 1.55. The molecule has 2 aromatic heterocycles. The Bertz CT molecular complexity index is 1430. The Kier molecular flexibility index (Phi) is 6.84. The highest BCUT2D eigenvalue weighted by atomic mass is 32.1. The molecule has 6 rings (SSSR count). The Balaban J connectivity index is 1.01. The molecule has 4 aromatic rings. The average Bonchev–Trinajstić information content (AvgIpc) is 3.61. The molecule has 0 atom stereocenters. The molecule has 7 nitrogen and oxygen atoms in total. The lowest BCUT2D eigenvalue weighted by Crippen LogP contribution is -2.48. The predicted molar refractivity (Wildman–Crippen MR) is 147 cm³/mol. The third-order valence-corrected chi connectivity index (χ3v) is 8.72. The molecule has 9 heteroatoms. The molecule has 4 heterocycles. The van der Waals surface area contributed by atoms with Crippen LogP contribution in [0.3, 0.4) is 0 Å². The predicted octanol–water partition coefficient (Wildman–Crippen LogP) is 4.67. The van der Waals surface area contributed by atoms with E-state index in [-0.39, 0.29) is 23.5 Å². The number of rotatable bonds is 5. The van der Waals surface area contributed by atoms with E-state index in [1.165, 1.54) is 12.1 Å². The fourth-order valence-electron chi connectivity index (χ4n) is 5.48. The minimum absolute atomic E-state index is 0.0300. The molecule has 196 valence electrons. The van der Waals surface area contributed by atoms with E-state index in [2.05, 4.69) is 9.88 Å². The van der Waals surface area contributed by atoms with Gasteiger partial charge in [0.1, 0.15) is 11.5 Å². The number of hydrogen-bond donors (Lipinski definition) is 1. The minimum Gasteiger partial charge on any atom is -0.368 e. The van der Waals surface area contributed by atoms with Crippen molar-refractivity contribution >= 4 is 39.7 Å². The van der Waals surface area contributed by atoms with E-state index in [9.17, 15) is 14.0 Å². The summed E-state index contributed by atoms with van der Waals surface area (Å²) in [7, 11) is 0. The van der Waals surface area contributed by atoms with Gasteiger partial charge in [0.25, 0.3) is 5.91 Å². The first-order valence-corrected chi connectivity index (χ1v) is 14.0. The Hall–Kier alpha value is -3.72. The number of piperidine rings is 1. The zero-order valence-corrected chi connectivity index (χ0v) is 21.9. The molecule has 0 bridgehead atoms. The third kappa shape index (κ3) is 5.03. The number of anilines is 1. The number of aromatic nitrogens is 2. The molecule has 0 radical (unpaired) electrons. The Labute approximate surface area is 224 Å². The normalized spacial score (nSPS) is 16.8. The summed E-state index contributed by atoms with van der Waals surface area (Å²) in [5, 5.41) is 3.97. The number of carbonyl (C=O) groups excluding carboxylic acids is 2. The van der Waals surface area contributed by atoms with Crippen LogP contribution in [0, 0.1) is 5.82 Å². The third-order valence-electron chi connectivity index (χ3n) is 7.71. The van der Waals surface area contributed by atoms with Crippen LogP contribution in [0.1, 0.15) is 39.8 Å². The molecular weight excluding hydrogens is 501 g/mol. The number of thiazole rings is 1. The highest BCUT2D eigenvalue weighted by molar-refractivity contribution is 7.09. The van der Waals surface area contributed by atoms with Crippen LogP contribution in [-0.2, 0) is 11.2 Å². The van der Waals surface area contributed by atoms with Crippen LogP contribution in [0.5, 0.6) is 0 Å². The molecule has 0 unspecified atom stereocenters. The van der Waals surface area contributed by atoms with Crippen molar-refractivity contribution in [2.45, 2.75) is 25.2 Å². The fraction of sp³-hybridized carbons (Fsp3) is 0.345. The molecule has 0 aliphatic carbocycles. The van der Waals surface area contributed by atoms with E-state index >= 15 is 0 Å². The monoisotopic (exact) mass is 531 g/mol. The van der Waals surface area contributed by atoms with Crippen LogP contribution >= 0.6 is 11.3 Å². The summed E-state index contributed by atoms with van der Waals surface area (Å²) in [6.45, 7) is 4.05. The standard InChI is InChI=1S/C29H30FN5O2S/c30-22-5-7-23(8-6-22)33-13-15-35(16-14-33)29(37)26-19-38-28(32-26)20-9-11-34(12-10-20)27(36)17-21-18-31-25-4-2-1-3-24(21)25/h1-8,18-20,31H,9-17H2. The number of halogens is 1. The maximum Gasteiger partial charge on any atom is 0.273 e. The van der Waals surface area contributed by atoms with Gasteiger partial charge in [0, 0.05) is 73.4 Å². The van der Waals surface area contributed by atoms with Gasteiger partial charge in [-0.25, -0.2) is 9.37 Å². The van der Waals surface area contributed by atoms with Crippen LogP contribution in [-0.4, -0.2) is 70.9 Å². The number of fused-ring (bicyclic) bond motifs is 1. The maximum absolute atomic E-state index is 13.2. The average molecular weight is 532 g/mol. The number of hydrogen-bond acceptors (Lipinski definition) is 5. The number of amides is 2. The lowest BCUT2D eigenvalue weighted by atomic mass is 9.97. The lowest BCUT2D eigenvalue weighted by molar-refractivity contribution is -0.131. The number of nitrogens with zero attached hydrogens (tertiary/aromatic N) is 4. The SMILES string of the molecule is O=C(Cc1c[nH]c2ccccc12)N1CCC(c2nc(C(=O)N3CCN(c4ccc(F)cc4)CC3)cs2)CC1. The van der Waals surface area contributed by atoms with Gasteiger partial charge < -0.3 is 19.7 Å². The van der Waals surface area contributed by atoms with Crippen molar-refractivity contribution in [3.63, 3.8) is 0 Å². The van der Waals surface area contributed by atoms with Crippen molar-refractivity contribution in [3.05, 3.63) is 82.2 Å². The van der Waals surface area contributed by atoms with Crippen LogP contribution in [0.2, 0.25) is 0 Å². The fourth-order valence-corrected chi connectivity index (χ4v) is 6.45. The number of para-hydroxylation sites is 1. The molecule has 2 aliphatic rings. The van der Waals surface area contributed by atoms with Gasteiger partial charge in [0.2, 0.25) is 5.91 Å². The number of H-pyrrole nitrogens is 1. The topological polar surface area (TPSA) is 72.5 Å². The highest BCUT2D eigenvalue weighted by Gasteiger charge is 2.28. The Morgan fingerprint density at radius 2 is 1.68 bits per heavy atom. The molecule has 0 spiro atoms. The van der Waals surface area contributed by atoms with Crippen molar-refractivity contribution in [1.29, 1.82) is 0 Å². The van der Waals surface area contributed by atoms with Gasteiger partial charge >= 0.3 is 0 Å². The Morgan fingerprint density at radius 3 is 2.45 bits per heavy atom. The van der Waals surface area contributed by atoms with E-state index in [1.54, 1.807) is 23.5 Å². The number of carbonyl (C=O) groups is 2. The molecule has 2 amide bonds. The quantitative estimate of drug-likeness (QED) is 0.406. The first-order chi connectivity index (χ1) is 18.5. The lowest BCUT2D eigenvalue weighted by Gasteiger charge is -2.35. The smallest absolute Gasteiger partial charge is 0.273 e. The van der Waals surface area contributed by atoms with Gasteiger partial charge in [-0.05, 0) is 48.7 Å². The number of nitrogens with one attached hydrogen (secondary N) is 1. The summed E-state index contributed by atoms with van der Waals surface area (Å²) in [6, 6.07) is 14.5. The summed E-state index contributed by atoms with van der Waals surface area (Å²) in [5.74, 6) is 0.152. The summed E-state index contributed by atoms with van der Waals surface area (Å²) in [6.07, 6.45) is 4.05. The molecule has 2 aromatic carbocycles. The zero-order valence-electron chi connectivity index (χ0n) is 21.1. The van der Waals surface area contributed by atoms with Crippen LogP contribution in [0.25, 0.3) is 10.9 Å². The number of benzene rings is 2. The van der Waals surface area contributed by atoms with Crippen molar-refractivity contribution in [1.82, 2.24) is 19.8 Å². The van der Waals surface area contributed by atoms with Crippen molar-refractivity contribution in [3.8, 4) is 0 Å². The highest BCUT2D eigenvalue weighted by Crippen LogP contribution is 2.31. The van der Waals surface area contributed by atoms with Crippen LogP contribution in [0.4, 0.5) is 10.1 Å². The van der Waals surface area contributed by atoms with E-state index in [4.69, 9.17) is 4.98 Å². The van der Waals surface area contributed by atoms with Crippen molar-refractivity contribution < 1.29 is 14.0 Å². The molecule has 2 saturated heterocycles. The summed E-state index contributed by atoms with van der Waals surface area (Å²) < 4.78 is 13.2. The van der Waals surface area contributed by atoms with Gasteiger partial charge in [0.05, 0.1) is 11.4 Å². The maximum atomic E-state index is 13.2. The first-order valence-electron chi connectivity index (χ1n) is 13.1. The van der Waals surface area contributed by atoms with Crippen LogP contribution in [0.15, 0.2) is 60.1 Å². The Morgan fingerprint density at radius 1 is 0.947 bits per heavy atom. The summed E-state index contributed by atoms with van der Waals surface area (Å²) in [4.78, 5) is 40.0. The van der Waals surface area contributed by atoms with Crippen molar-refractivity contribution in [2.75, 3.05) is 44.2 Å². The molecular formula is C29H30FN5O2S. The van der Waals surface area contributed by atoms with Gasteiger partial charge in [-0.1, -0.05) is 18.2 Å². The van der Waals surface area contributed by atoms with E-state index in [0.717, 1.165) is 40.0 Å². The second kappa shape index (κ2) is 10.6. The van der Waals surface area contributed by atoms with E-state index in [1.807, 2.05) is 45.6 Å². The van der Waals surface area contributed by atoms with Gasteiger partial charge in [0.15, 0.2) is 0 Å².